The Hall–Kier alpha value is -2.43. The minimum atomic E-state index is -1.20. The van der Waals surface area contributed by atoms with Crippen LogP contribution in [-0.2, 0) is 26.8 Å². The van der Waals surface area contributed by atoms with Gasteiger partial charge < -0.3 is 15.0 Å². The number of ether oxygens (including phenoxy) is 1. The minimum Gasteiger partial charge on any atom is -0.380 e. The molecule has 3 aliphatic heterocycles. The molecule has 156 valence electrons. The van der Waals surface area contributed by atoms with Gasteiger partial charge in [-0.2, -0.15) is 4.98 Å². The van der Waals surface area contributed by atoms with Crippen LogP contribution in [0.3, 0.4) is 0 Å². The van der Waals surface area contributed by atoms with E-state index >= 15 is 0 Å². The molecule has 5 heterocycles. The molecule has 1 atom stereocenters. The lowest BCUT2D eigenvalue weighted by Gasteiger charge is -2.27. The first-order valence-corrected chi connectivity index (χ1v) is 11.4. The molecule has 1 amide bonds. The van der Waals surface area contributed by atoms with Crippen LogP contribution in [0.15, 0.2) is 23.4 Å². The highest BCUT2D eigenvalue weighted by molar-refractivity contribution is 7.85. The average Bonchev–Trinajstić information content (AvgIpc) is 3.08. The molecule has 1 N–H and O–H groups in total. The summed E-state index contributed by atoms with van der Waals surface area (Å²) in [6.07, 6.45) is 6.56. The molecule has 3 aliphatic rings. The number of hydrogen-bond acceptors (Lipinski definition) is 8. The van der Waals surface area contributed by atoms with Crippen molar-refractivity contribution in [3.05, 3.63) is 35.0 Å². The van der Waals surface area contributed by atoms with E-state index < -0.39 is 10.8 Å². The number of nitrogens with one attached hydrogen (secondary N) is 1. The largest absolute Gasteiger partial charge is 0.380 e. The Labute approximate surface area is 180 Å². The molecule has 30 heavy (non-hydrogen) atoms. The minimum absolute atomic E-state index is 0.155. The van der Waals surface area contributed by atoms with Gasteiger partial charge >= 0.3 is 0 Å². The Morgan fingerprint density at radius 2 is 2.03 bits per heavy atom. The number of anilines is 2. The van der Waals surface area contributed by atoms with E-state index in [0.29, 0.717) is 66.0 Å². The van der Waals surface area contributed by atoms with E-state index in [2.05, 4.69) is 25.3 Å². The second-order valence-corrected chi connectivity index (χ2v) is 9.27. The summed E-state index contributed by atoms with van der Waals surface area (Å²) in [4.78, 5) is 32.8. The third-order valence-electron chi connectivity index (χ3n) is 5.33. The quantitative estimate of drug-likeness (QED) is 0.751. The van der Waals surface area contributed by atoms with Gasteiger partial charge in [-0.1, -0.05) is 17.7 Å². The Morgan fingerprint density at radius 3 is 2.70 bits per heavy atom. The van der Waals surface area contributed by atoms with Gasteiger partial charge in [0.2, 0.25) is 11.9 Å². The smallest absolute Gasteiger partial charge is 0.233 e. The van der Waals surface area contributed by atoms with Crippen molar-refractivity contribution in [3.8, 4) is 0 Å². The highest BCUT2D eigenvalue weighted by atomic mass is 35.5. The van der Waals surface area contributed by atoms with Crippen molar-refractivity contribution >= 4 is 45.6 Å². The van der Waals surface area contributed by atoms with E-state index in [1.54, 1.807) is 12.4 Å². The molecule has 2 aromatic rings. The van der Waals surface area contributed by atoms with Crippen LogP contribution in [0.25, 0.3) is 5.57 Å². The second-order valence-electron chi connectivity index (χ2n) is 7.32. The number of fused-ring (bicyclic) bond motifs is 1. The standard InChI is InChI=1S/C19H19ClN6O3S/c20-13-7-21-16(22-8-13)11-1-4-26(5-2-11)19-23-14-3-6-30(28)15(14)17(25-19)24-18(27)12-9-29-10-12/h1,7-8,12H,2-6,9-10H2,(H,23,24,25,27)/t30-/m1/s1. The van der Waals surface area contributed by atoms with Crippen molar-refractivity contribution in [3.63, 3.8) is 0 Å². The molecule has 0 unspecified atom stereocenters. The molecule has 0 spiro atoms. The van der Waals surface area contributed by atoms with Crippen LogP contribution in [0, 0.1) is 5.92 Å². The SMILES string of the molecule is O=C(Nc1nc(N2CC=C(c3ncc(Cl)cn3)CC2)nc2c1[S@](=O)CC2)C1COC1. The molecule has 0 bridgehead atoms. The lowest BCUT2D eigenvalue weighted by molar-refractivity contribution is -0.133. The topological polar surface area (TPSA) is 110 Å². The maximum atomic E-state index is 12.4. The molecule has 9 nitrogen and oxygen atoms in total. The maximum Gasteiger partial charge on any atom is 0.233 e. The molecule has 0 aliphatic carbocycles. The first-order valence-electron chi connectivity index (χ1n) is 9.68. The van der Waals surface area contributed by atoms with Crippen molar-refractivity contribution in [2.75, 3.05) is 42.3 Å². The third kappa shape index (κ3) is 3.70. The fourth-order valence-corrected chi connectivity index (χ4v) is 4.95. The number of carbonyl (C=O) groups is 1. The van der Waals surface area contributed by atoms with Crippen LogP contribution in [-0.4, -0.2) is 62.1 Å². The predicted octanol–water partition coefficient (Wildman–Crippen LogP) is 1.46. The van der Waals surface area contributed by atoms with Crippen molar-refractivity contribution in [2.24, 2.45) is 5.92 Å². The van der Waals surface area contributed by atoms with Gasteiger partial charge in [0.15, 0.2) is 11.6 Å². The van der Waals surface area contributed by atoms with E-state index in [1.807, 2.05) is 11.0 Å². The molecular weight excluding hydrogens is 428 g/mol. The van der Waals surface area contributed by atoms with Crippen LogP contribution in [0.2, 0.25) is 5.02 Å². The van der Waals surface area contributed by atoms with Crippen LogP contribution < -0.4 is 10.2 Å². The Balaban J connectivity index is 1.39. The maximum absolute atomic E-state index is 12.4. The summed E-state index contributed by atoms with van der Waals surface area (Å²) in [5, 5.41) is 3.36. The first kappa shape index (κ1) is 19.5. The normalized spacial score (nSPS) is 21.0. The summed E-state index contributed by atoms with van der Waals surface area (Å²) in [5.74, 6) is 1.71. The summed E-state index contributed by atoms with van der Waals surface area (Å²) in [6.45, 7) is 2.08. The number of rotatable bonds is 4. The lowest BCUT2D eigenvalue weighted by Crippen LogP contribution is -2.39. The van der Waals surface area contributed by atoms with Gasteiger partial charge in [0.25, 0.3) is 0 Å². The van der Waals surface area contributed by atoms with Crippen molar-refractivity contribution in [1.82, 2.24) is 19.9 Å². The Morgan fingerprint density at radius 1 is 1.23 bits per heavy atom. The monoisotopic (exact) mass is 446 g/mol. The van der Waals surface area contributed by atoms with Gasteiger partial charge in [0.1, 0.15) is 4.90 Å². The number of hydrogen-bond donors (Lipinski definition) is 1. The van der Waals surface area contributed by atoms with E-state index in [-0.39, 0.29) is 11.8 Å². The predicted molar refractivity (Wildman–Crippen MR) is 112 cm³/mol. The van der Waals surface area contributed by atoms with E-state index in [1.165, 1.54) is 0 Å². The summed E-state index contributed by atoms with van der Waals surface area (Å²) in [5.41, 5.74) is 1.79. The third-order valence-corrected chi connectivity index (χ3v) is 6.98. The van der Waals surface area contributed by atoms with Gasteiger partial charge in [-0.3, -0.25) is 9.00 Å². The molecule has 1 saturated heterocycles. The number of nitrogens with zero attached hydrogens (tertiary/aromatic N) is 5. The van der Waals surface area contributed by atoms with E-state index in [9.17, 15) is 9.00 Å². The zero-order valence-corrected chi connectivity index (χ0v) is 17.6. The molecule has 0 aromatic carbocycles. The Kier molecular flexibility index (Phi) is 5.21. The van der Waals surface area contributed by atoms with Gasteiger partial charge in [-0.15, -0.1) is 0 Å². The molecule has 0 radical (unpaired) electrons. The number of halogens is 1. The van der Waals surface area contributed by atoms with Gasteiger partial charge in [0.05, 0.1) is 40.6 Å². The lowest BCUT2D eigenvalue weighted by atomic mass is 10.1. The van der Waals surface area contributed by atoms with Crippen LogP contribution in [0.4, 0.5) is 11.8 Å². The van der Waals surface area contributed by atoms with Crippen molar-refractivity contribution in [1.29, 1.82) is 0 Å². The van der Waals surface area contributed by atoms with Crippen LogP contribution >= 0.6 is 11.6 Å². The summed E-state index contributed by atoms with van der Waals surface area (Å²) in [7, 11) is -1.20. The fourth-order valence-electron chi connectivity index (χ4n) is 3.55. The zero-order chi connectivity index (χ0) is 20.7. The number of amides is 1. The van der Waals surface area contributed by atoms with Gasteiger partial charge in [-0.25, -0.2) is 15.0 Å². The Bertz CT molecular complexity index is 1060. The highest BCUT2D eigenvalue weighted by Crippen LogP contribution is 2.31. The van der Waals surface area contributed by atoms with Crippen molar-refractivity contribution in [2.45, 2.75) is 17.7 Å². The zero-order valence-electron chi connectivity index (χ0n) is 16.0. The molecule has 2 aromatic heterocycles. The number of aryl methyl sites for hydroxylation is 1. The highest BCUT2D eigenvalue weighted by Gasteiger charge is 2.32. The molecule has 11 heteroatoms. The van der Waals surface area contributed by atoms with Gasteiger partial charge in [0, 0.05) is 37.7 Å². The number of carbonyl (C=O) groups excluding carboxylic acids is 1. The first-order chi connectivity index (χ1) is 14.6. The molecular formula is C19H19ClN6O3S. The van der Waals surface area contributed by atoms with Crippen LogP contribution in [0.5, 0.6) is 0 Å². The average molecular weight is 447 g/mol. The fraction of sp³-hybridized carbons (Fsp3) is 0.421. The number of aromatic nitrogens is 4. The van der Waals surface area contributed by atoms with Crippen LogP contribution in [0.1, 0.15) is 17.9 Å². The van der Waals surface area contributed by atoms with Crippen molar-refractivity contribution < 1.29 is 13.7 Å². The van der Waals surface area contributed by atoms with E-state index in [0.717, 1.165) is 17.7 Å². The second kappa shape index (κ2) is 8.01. The summed E-state index contributed by atoms with van der Waals surface area (Å²) in [6, 6.07) is 0. The summed E-state index contributed by atoms with van der Waals surface area (Å²) >= 11 is 5.87. The molecule has 0 saturated carbocycles. The van der Waals surface area contributed by atoms with E-state index in [4.69, 9.17) is 16.3 Å². The molecule has 1 fully saturated rings. The summed E-state index contributed by atoms with van der Waals surface area (Å²) < 4.78 is 17.5. The van der Waals surface area contributed by atoms with Gasteiger partial charge in [-0.05, 0) is 12.0 Å². The molecule has 5 rings (SSSR count).